The predicted molar refractivity (Wildman–Crippen MR) is 58.0 cm³/mol. The fraction of sp³-hybridized carbons (Fsp3) is 0.273. The first kappa shape index (κ1) is 11.7. The molecule has 6 heteroatoms. The molecule has 0 aliphatic heterocycles. The van der Waals surface area contributed by atoms with Crippen LogP contribution in [0.1, 0.15) is 17.3 Å². The van der Waals surface area contributed by atoms with Crippen LogP contribution in [0.3, 0.4) is 0 Å². The average Bonchev–Trinajstić information content (AvgIpc) is 2.63. The molecule has 1 aromatic heterocycles. The van der Waals surface area contributed by atoms with Crippen LogP contribution < -0.4 is 5.73 Å². The van der Waals surface area contributed by atoms with Crippen LogP contribution in [-0.2, 0) is 13.5 Å². The zero-order valence-electron chi connectivity index (χ0n) is 9.27. The highest BCUT2D eigenvalue weighted by molar-refractivity contribution is 5.24. The highest BCUT2D eigenvalue weighted by atomic mass is 19.1. The highest BCUT2D eigenvalue weighted by Crippen LogP contribution is 2.21. The molecule has 2 N–H and O–H groups in total. The van der Waals surface area contributed by atoms with Crippen molar-refractivity contribution in [3.8, 4) is 0 Å². The van der Waals surface area contributed by atoms with E-state index in [2.05, 4.69) is 10.3 Å². The van der Waals surface area contributed by atoms with Crippen LogP contribution in [-0.4, -0.2) is 15.0 Å². The van der Waals surface area contributed by atoms with Crippen LogP contribution in [0.2, 0.25) is 0 Å². The normalized spacial score (nSPS) is 12.7. The number of nitrogens with zero attached hydrogens (tertiary/aromatic N) is 3. The number of aryl methyl sites for hydroxylation is 1. The van der Waals surface area contributed by atoms with E-state index < -0.39 is 17.7 Å². The molecule has 90 valence electrons. The number of benzene rings is 1. The maximum absolute atomic E-state index is 13.4. The minimum absolute atomic E-state index is 0.113. The molecule has 0 aliphatic rings. The number of aromatic nitrogens is 3. The van der Waals surface area contributed by atoms with Gasteiger partial charge in [0.15, 0.2) is 0 Å². The van der Waals surface area contributed by atoms with Gasteiger partial charge in [-0.15, -0.1) is 5.10 Å². The summed E-state index contributed by atoms with van der Waals surface area (Å²) in [4.78, 5) is 0. The maximum atomic E-state index is 13.4. The van der Waals surface area contributed by atoms with Crippen LogP contribution in [0, 0.1) is 11.6 Å². The summed E-state index contributed by atoms with van der Waals surface area (Å²) in [5.74, 6) is -1.28. The molecule has 0 fully saturated rings. The van der Waals surface area contributed by atoms with Crippen molar-refractivity contribution in [3.63, 3.8) is 0 Å². The zero-order valence-corrected chi connectivity index (χ0v) is 9.27. The number of nitrogens with two attached hydrogens (primary N) is 1. The summed E-state index contributed by atoms with van der Waals surface area (Å²) in [7, 11) is 1.71. The Hall–Kier alpha value is -1.82. The number of hydrogen-bond donors (Lipinski definition) is 1. The quantitative estimate of drug-likeness (QED) is 0.877. The second-order valence-corrected chi connectivity index (χ2v) is 3.83. The van der Waals surface area contributed by atoms with E-state index in [-0.39, 0.29) is 12.0 Å². The third kappa shape index (κ3) is 2.47. The molecule has 4 nitrogen and oxygen atoms in total. The molecule has 2 aromatic rings. The van der Waals surface area contributed by atoms with Gasteiger partial charge in [-0.3, -0.25) is 4.68 Å². The Bertz CT molecular complexity index is 504. The molecule has 0 spiro atoms. The molecule has 2 rings (SSSR count). The number of rotatable bonds is 3. The van der Waals surface area contributed by atoms with Crippen LogP contribution in [0.15, 0.2) is 24.4 Å². The summed E-state index contributed by atoms with van der Waals surface area (Å²) < 4.78 is 28.4. The fourth-order valence-corrected chi connectivity index (χ4v) is 1.68. The predicted octanol–water partition coefficient (Wildman–Crippen LogP) is 1.34. The topological polar surface area (TPSA) is 56.7 Å². The molecule has 0 radical (unpaired) electrons. The Morgan fingerprint density at radius 1 is 1.35 bits per heavy atom. The van der Waals surface area contributed by atoms with Gasteiger partial charge in [0.2, 0.25) is 0 Å². The van der Waals surface area contributed by atoms with E-state index in [1.54, 1.807) is 13.2 Å². The van der Waals surface area contributed by atoms with Crippen molar-refractivity contribution in [1.82, 2.24) is 15.0 Å². The van der Waals surface area contributed by atoms with Crippen molar-refractivity contribution in [2.45, 2.75) is 12.5 Å². The van der Waals surface area contributed by atoms with Crippen molar-refractivity contribution in [2.24, 2.45) is 12.8 Å². The monoisotopic (exact) mass is 238 g/mol. The summed E-state index contributed by atoms with van der Waals surface area (Å²) in [6, 6.07) is 2.92. The Kier molecular flexibility index (Phi) is 3.14. The molecule has 1 atom stereocenters. The minimum atomic E-state index is -0.770. The van der Waals surface area contributed by atoms with Gasteiger partial charge in [-0.05, 0) is 12.1 Å². The molecule has 1 unspecified atom stereocenters. The Balaban J connectivity index is 2.22. The number of hydrogen-bond acceptors (Lipinski definition) is 3. The summed E-state index contributed by atoms with van der Waals surface area (Å²) in [6.45, 7) is 0. The highest BCUT2D eigenvalue weighted by Gasteiger charge is 2.17. The van der Waals surface area contributed by atoms with Gasteiger partial charge < -0.3 is 5.73 Å². The molecule has 17 heavy (non-hydrogen) atoms. The lowest BCUT2D eigenvalue weighted by Gasteiger charge is -2.12. The van der Waals surface area contributed by atoms with Gasteiger partial charge >= 0.3 is 0 Å². The Morgan fingerprint density at radius 3 is 2.53 bits per heavy atom. The minimum Gasteiger partial charge on any atom is -0.323 e. The van der Waals surface area contributed by atoms with Gasteiger partial charge in [0.25, 0.3) is 0 Å². The van der Waals surface area contributed by atoms with E-state index in [4.69, 9.17) is 5.73 Å². The molecule has 1 heterocycles. The summed E-state index contributed by atoms with van der Waals surface area (Å²) in [6.07, 6.45) is 1.91. The standard InChI is InChI=1S/C11H12F2N4/c1-17-6-7(15-16-17)5-10(14)11-8(12)3-2-4-9(11)13/h2-4,6,10H,5,14H2,1H3. The van der Waals surface area contributed by atoms with Crippen molar-refractivity contribution in [3.05, 3.63) is 47.3 Å². The van der Waals surface area contributed by atoms with Crippen molar-refractivity contribution >= 4 is 0 Å². The molecule has 0 bridgehead atoms. The van der Waals surface area contributed by atoms with E-state index >= 15 is 0 Å². The van der Waals surface area contributed by atoms with E-state index in [1.807, 2.05) is 0 Å². The Morgan fingerprint density at radius 2 is 2.00 bits per heavy atom. The number of halogens is 2. The van der Waals surface area contributed by atoms with E-state index in [9.17, 15) is 8.78 Å². The smallest absolute Gasteiger partial charge is 0.130 e. The third-order valence-electron chi connectivity index (χ3n) is 2.45. The summed E-state index contributed by atoms with van der Waals surface area (Å²) in [5, 5.41) is 7.56. The Labute approximate surface area is 97.0 Å². The van der Waals surface area contributed by atoms with E-state index in [0.717, 1.165) is 0 Å². The molecule has 1 aromatic carbocycles. The zero-order chi connectivity index (χ0) is 12.4. The molecule has 0 saturated carbocycles. The SMILES string of the molecule is Cn1cc(CC(N)c2c(F)cccc2F)nn1. The molecule has 0 amide bonds. The first-order chi connectivity index (χ1) is 8.08. The molecular weight excluding hydrogens is 226 g/mol. The van der Waals surface area contributed by atoms with Crippen LogP contribution in [0.25, 0.3) is 0 Å². The van der Waals surface area contributed by atoms with E-state index in [1.165, 1.54) is 22.9 Å². The van der Waals surface area contributed by atoms with Crippen molar-refractivity contribution < 1.29 is 8.78 Å². The second-order valence-electron chi connectivity index (χ2n) is 3.83. The molecule has 0 saturated heterocycles. The van der Waals surface area contributed by atoms with Gasteiger partial charge in [0.05, 0.1) is 5.69 Å². The van der Waals surface area contributed by atoms with Gasteiger partial charge in [0, 0.05) is 31.3 Å². The van der Waals surface area contributed by atoms with Crippen molar-refractivity contribution in [1.29, 1.82) is 0 Å². The van der Waals surface area contributed by atoms with Gasteiger partial charge in [-0.25, -0.2) is 8.78 Å². The lowest BCUT2D eigenvalue weighted by atomic mass is 10.0. The fourth-order valence-electron chi connectivity index (χ4n) is 1.68. The average molecular weight is 238 g/mol. The molecular formula is C11H12F2N4. The lowest BCUT2D eigenvalue weighted by molar-refractivity contribution is 0.523. The van der Waals surface area contributed by atoms with Crippen molar-refractivity contribution in [2.75, 3.05) is 0 Å². The largest absolute Gasteiger partial charge is 0.323 e. The maximum Gasteiger partial charge on any atom is 0.130 e. The van der Waals surface area contributed by atoms with Gasteiger partial charge in [-0.2, -0.15) is 0 Å². The van der Waals surface area contributed by atoms with Crippen LogP contribution in [0.4, 0.5) is 8.78 Å². The first-order valence-electron chi connectivity index (χ1n) is 5.12. The second kappa shape index (κ2) is 4.58. The summed E-state index contributed by atoms with van der Waals surface area (Å²) in [5.41, 5.74) is 6.27. The van der Waals surface area contributed by atoms with Gasteiger partial charge in [-0.1, -0.05) is 11.3 Å². The molecule has 0 aliphatic carbocycles. The first-order valence-corrected chi connectivity index (χ1v) is 5.12. The lowest BCUT2D eigenvalue weighted by Crippen LogP contribution is -2.17. The third-order valence-corrected chi connectivity index (χ3v) is 2.45. The van der Waals surface area contributed by atoms with Gasteiger partial charge in [0.1, 0.15) is 11.6 Å². The van der Waals surface area contributed by atoms with Crippen LogP contribution >= 0.6 is 0 Å². The van der Waals surface area contributed by atoms with Crippen LogP contribution in [0.5, 0.6) is 0 Å². The summed E-state index contributed by atoms with van der Waals surface area (Å²) >= 11 is 0. The van der Waals surface area contributed by atoms with E-state index in [0.29, 0.717) is 5.69 Å².